The Hall–Kier alpha value is -2.90. The van der Waals surface area contributed by atoms with E-state index in [1.807, 2.05) is 56.3 Å². The summed E-state index contributed by atoms with van der Waals surface area (Å²) < 4.78 is 0. The first-order valence-corrected chi connectivity index (χ1v) is 14.2. The summed E-state index contributed by atoms with van der Waals surface area (Å²) in [7, 11) is 0. The summed E-state index contributed by atoms with van der Waals surface area (Å²) in [5.41, 5.74) is 3.22. The molecule has 6 nitrogen and oxygen atoms in total. The second-order valence-corrected chi connectivity index (χ2v) is 10.4. The van der Waals surface area contributed by atoms with Gasteiger partial charge in [-0.15, -0.1) is 0 Å². The van der Waals surface area contributed by atoms with E-state index < -0.39 is 12.0 Å². The zero-order chi connectivity index (χ0) is 28.2. The number of benzene rings is 3. The van der Waals surface area contributed by atoms with Crippen LogP contribution in [0.2, 0.25) is 10.0 Å². The highest BCUT2D eigenvalue weighted by Gasteiger charge is 2.30. The fourth-order valence-electron chi connectivity index (χ4n) is 4.55. The van der Waals surface area contributed by atoms with E-state index in [1.165, 1.54) is 0 Å². The van der Waals surface area contributed by atoms with Crippen LogP contribution < -0.4 is 16.0 Å². The third-order valence-corrected chi connectivity index (χ3v) is 6.84. The summed E-state index contributed by atoms with van der Waals surface area (Å²) >= 11 is 12.3. The molecule has 0 aromatic heterocycles. The van der Waals surface area contributed by atoms with Gasteiger partial charge in [-0.2, -0.15) is 0 Å². The average molecular weight is 571 g/mol. The largest absolute Gasteiger partial charge is 0.391 e. The quantitative estimate of drug-likeness (QED) is 0.199. The third kappa shape index (κ3) is 9.07. The van der Waals surface area contributed by atoms with Crippen LogP contribution in [0, 0.1) is 0 Å². The molecule has 2 atom stereocenters. The van der Waals surface area contributed by atoms with Crippen LogP contribution in [-0.4, -0.2) is 42.7 Å². The molecule has 4 N–H and O–H groups in total. The number of nitrogens with one attached hydrogen (secondary N) is 3. The van der Waals surface area contributed by atoms with Crippen molar-refractivity contribution in [2.45, 2.75) is 51.7 Å². The van der Waals surface area contributed by atoms with Gasteiger partial charge in [0.2, 0.25) is 0 Å². The molecule has 0 radical (unpaired) electrons. The molecule has 39 heavy (non-hydrogen) atoms. The van der Waals surface area contributed by atoms with Gasteiger partial charge in [-0.25, -0.2) is 0 Å². The first kappa shape index (κ1) is 30.6. The molecule has 0 fully saturated rings. The highest BCUT2D eigenvalue weighted by Crippen LogP contribution is 2.31. The number of carbonyl (C=O) groups excluding carboxylic acids is 2. The summed E-state index contributed by atoms with van der Waals surface area (Å²) in [6, 6.07) is 20.3. The van der Waals surface area contributed by atoms with Crippen molar-refractivity contribution in [3.63, 3.8) is 0 Å². The molecule has 2 amide bonds. The lowest BCUT2D eigenvalue weighted by atomic mass is 9.81. The lowest BCUT2D eigenvalue weighted by molar-refractivity contribution is 0.0945. The molecule has 208 valence electrons. The Morgan fingerprint density at radius 3 is 1.90 bits per heavy atom. The third-order valence-electron chi connectivity index (χ3n) is 6.41. The number of carbonyl (C=O) groups is 2. The summed E-state index contributed by atoms with van der Waals surface area (Å²) in [4.78, 5) is 26.6. The van der Waals surface area contributed by atoms with Crippen LogP contribution in [0.4, 0.5) is 0 Å². The Kier molecular flexibility index (Phi) is 12.3. The molecule has 3 aromatic rings. The van der Waals surface area contributed by atoms with Crippen molar-refractivity contribution in [3.05, 3.63) is 105 Å². The molecular weight excluding hydrogens is 533 g/mol. The van der Waals surface area contributed by atoms with Gasteiger partial charge in [0.15, 0.2) is 0 Å². The number of amides is 2. The first-order valence-electron chi connectivity index (χ1n) is 13.4. The van der Waals surface area contributed by atoms with E-state index in [9.17, 15) is 14.7 Å². The molecule has 0 aliphatic rings. The average Bonchev–Trinajstić information content (AvgIpc) is 2.93. The standard InChI is InChI=1S/C31H37Cl2N3O3/c1-3-13-35-30(38)25-11-8-12-26(31(39)36-14-4-2)29(25)27(17-21-9-6-5-7-10-21)28(37)20-34-19-22-15-23(32)18-24(33)16-22/h5-12,15-16,18,27-28,34,37H,3-4,13-14,17,19-20H2,1-2H3,(H,35,38)(H,36,39)/t27-,28+/m1/s1. The van der Waals surface area contributed by atoms with Gasteiger partial charge >= 0.3 is 0 Å². The number of halogens is 2. The molecule has 3 aromatic carbocycles. The highest BCUT2D eigenvalue weighted by atomic mass is 35.5. The van der Waals surface area contributed by atoms with E-state index in [-0.39, 0.29) is 18.4 Å². The number of hydrogen-bond acceptors (Lipinski definition) is 4. The molecule has 0 saturated carbocycles. The molecule has 0 unspecified atom stereocenters. The Bertz CT molecular complexity index is 1180. The fraction of sp³-hybridized carbons (Fsp3) is 0.355. The van der Waals surface area contributed by atoms with Gasteiger partial charge in [0.25, 0.3) is 11.8 Å². The molecule has 0 aliphatic heterocycles. The number of aliphatic hydroxyl groups is 1. The summed E-state index contributed by atoms with van der Waals surface area (Å²) in [6.45, 7) is 5.66. The van der Waals surface area contributed by atoms with E-state index in [0.29, 0.717) is 52.8 Å². The number of aliphatic hydroxyl groups excluding tert-OH is 1. The minimum absolute atomic E-state index is 0.225. The Morgan fingerprint density at radius 1 is 0.795 bits per heavy atom. The molecule has 0 bridgehead atoms. The van der Waals surface area contributed by atoms with Crippen molar-refractivity contribution in [1.82, 2.24) is 16.0 Å². The van der Waals surface area contributed by atoms with E-state index in [2.05, 4.69) is 16.0 Å². The summed E-state index contributed by atoms with van der Waals surface area (Å²) in [5, 5.41) is 21.8. The topological polar surface area (TPSA) is 90.5 Å². The first-order chi connectivity index (χ1) is 18.8. The van der Waals surface area contributed by atoms with Crippen LogP contribution in [0.1, 0.15) is 70.0 Å². The molecule has 0 aliphatic carbocycles. The smallest absolute Gasteiger partial charge is 0.251 e. The summed E-state index contributed by atoms with van der Waals surface area (Å²) in [6.07, 6.45) is 1.10. The van der Waals surface area contributed by atoms with Crippen molar-refractivity contribution >= 4 is 35.0 Å². The zero-order valence-corrected chi connectivity index (χ0v) is 24.0. The molecule has 8 heteroatoms. The van der Waals surface area contributed by atoms with Gasteiger partial charge in [0, 0.05) is 53.3 Å². The van der Waals surface area contributed by atoms with E-state index in [1.54, 1.807) is 24.3 Å². The number of hydrogen-bond donors (Lipinski definition) is 4. The molecule has 0 heterocycles. The Morgan fingerprint density at radius 2 is 1.36 bits per heavy atom. The lowest BCUT2D eigenvalue weighted by Gasteiger charge is -2.28. The van der Waals surface area contributed by atoms with Crippen molar-refractivity contribution < 1.29 is 14.7 Å². The van der Waals surface area contributed by atoms with E-state index in [4.69, 9.17) is 23.2 Å². The molecule has 0 saturated heterocycles. The second kappa shape index (κ2) is 15.6. The van der Waals surface area contributed by atoms with Crippen LogP contribution in [0.3, 0.4) is 0 Å². The monoisotopic (exact) mass is 569 g/mol. The van der Waals surface area contributed by atoms with Gasteiger partial charge in [-0.1, -0.05) is 73.4 Å². The predicted octanol–water partition coefficient (Wildman–Crippen LogP) is 5.75. The van der Waals surface area contributed by atoms with Crippen LogP contribution in [0.25, 0.3) is 0 Å². The minimum atomic E-state index is -0.905. The van der Waals surface area contributed by atoms with Crippen molar-refractivity contribution in [3.8, 4) is 0 Å². The second-order valence-electron chi connectivity index (χ2n) is 9.55. The van der Waals surface area contributed by atoms with Gasteiger partial charge in [-0.3, -0.25) is 9.59 Å². The molecule has 0 spiro atoms. The van der Waals surface area contributed by atoms with Gasteiger partial charge in [0.1, 0.15) is 0 Å². The number of rotatable bonds is 14. The fourth-order valence-corrected chi connectivity index (χ4v) is 5.12. The van der Waals surface area contributed by atoms with Gasteiger partial charge in [0.05, 0.1) is 6.10 Å². The van der Waals surface area contributed by atoms with Crippen LogP contribution in [0.5, 0.6) is 0 Å². The molecular formula is C31H37Cl2N3O3. The van der Waals surface area contributed by atoms with Crippen molar-refractivity contribution in [2.24, 2.45) is 0 Å². The van der Waals surface area contributed by atoms with Crippen molar-refractivity contribution in [1.29, 1.82) is 0 Å². The van der Waals surface area contributed by atoms with Crippen LogP contribution in [-0.2, 0) is 13.0 Å². The SMILES string of the molecule is CCCNC(=O)c1cccc(C(=O)NCCC)c1[C@H](Cc1ccccc1)[C@@H](O)CNCc1cc(Cl)cc(Cl)c1. The minimum Gasteiger partial charge on any atom is -0.391 e. The highest BCUT2D eigenvalue weighted by molar-refractivity contribution is 6.34. The maximum atomic E-state index is 13.3. The molecule has 3 rings (SSSR count). The maximum Gasteiger partial charge on any atom is 0.251 e. The maximum absolute atomic E-state index is 13.3. The Balaban J connectivity index is 1.99. The predicted molar refractivity (Wildman–Crippen MR) is 159 cm³/mol. The summed E-state index contributed by atoms with van der Waals surface area (Å²) in [5.74, 6) is -1.05. The van der Waals surface area contributed by atoms with Gasteiger partial charge in [-0.05, 0) is 66.3 Å². The van der Waals surface area contributed by atoms with E-state index in [0.717, 1.165) is 24.0 Å². The van der Waals surface area contributed by atoms with Crippen LogP contribution in [0.15, 0.2) is 66.7 Å². The zero-order valence-electron chi connectivity index (χ0n) is 22.5. The van der Waals surface area contributed by atoms with Crippen LogP contribution >= 0.6 is 23.2 Å². The van der Waals surface area contributed by atoms with E-state index >= 15 is 0 Å². The van der Waals surface area contributed by atoms with Crippen molar-refractivity contribution in [2.75, 3.05) is 19.6 Å². The normalized spacial score (nSPS) is 12.5. The lowest BCUT2D eigenvalue weighted by Crippen LogP contribution is -2.36. The van der Waals surface area contributed by atoms with Gasteiger partial charge < -0.3 is 21.1 Å². The Labute approximate surface area is 241 Å².